The zero-order valence-electron chi connectivity index (χ0n) is 11.1. The summed E-state index contributed by atoms with van der Waals surface area (Å²) < 4.78 is 12.7. The number of carbonyl (C=O) groups is 1. The van der Waals surface area contributed by atoms with Crippen molar-refractivity contribution in [1.82, 2.24) is 5.32 Å². The van der Waals surface area contributed by atoms with E-state index in [1.165, 1.54) is 35.6 Å². The van der Waals surface area contributed by atoms with E-state index in [1.54, 1.807) is 6.92 Å². The van der Waals surface area contributed by atoms with Crippen LogP contribution in [0, 0.1) is 5.82 Å². The van der Waals surface area contributed by atoms with Gasteiger partial charge in [0, 0.05) is 21.9 Å². The summed E-state index contributed by atoms with van der Waals surface area (Å²) in [4.78, 5) is 13.8. The molecule has 20 heavy (non-hydrogen) atoms. The van der Waals surface area contributed by atoms with Crippen LogP contribution in [0.2, 0.25) is 0 Å². The minimum Gasteiger partial charge on any atom is -0.388 e. The Hall–Kier alpha value is -1.72. The van der Waals surface area contributed by atoms with Gasteiger partial charge in [-0.05, 0) is 49.7 Å². The van der Waals surface area contributed by atoms with Crippen LogP contribution < -0.4 is 5.32 Å². The van der Waals surface area contributed by atoms with E-state index in [1.807, 2.05) is 12.1 Å². The van der Waals surface area contributed by atoms with Gasteiger partial charge < -0.3 is 10.4 Å². The zero-order chi connectivity index (χ0) is 14.5. The highest BCUT2D eigenvalue weighted by atomic mass is 32.1. The molecule has 0 saturated heterocycles. The Kier molecular flexibility index (Phi) is 4.87. The van der Waals surface area contributed by atoms with Crippen LogP contribution in [0.5, 0.6) is 0 Å². The van der Waals surface area contributed by atoms with Crippen LogP contribution in [0.4, 0.5) is 4.39 Å². The zero-order valence-corrected chi connectivity index (χ0v) is 11.9. The van der Waals surface area contributed by atoms with Gasteiger partial charge in [-0.2, -0.15) is 0 Å². The fourth-order valence-electron chi connectivity index (χ4n) is 1.76. The Labute approximate surface area is 121 Å². The Morgan fingerprint density at radius 1 is 1.30 bits per heavy atom. The summed E-state index contributed by atoms with van der Waals surface area (Å²) in [5.74, 6) is -0.567. The lowest BCUT2D eigenvalue weighted by Crippen LogP contribution is -2.25. The summed E-state index contributed by atoms with van der Waals surface area (Å²) >= 11 is 1.54. The summed E-state index contributed by atoms with van der Waals surface area (Å²) in [5, 5.41) is 12.2. The molecule has 0 bridgehead atoms. The molecule has 1 amide bonds. The third-order valence-corrected chi connectivity index (χ3v) is 4.17. The van der Waals surface area contributed by atoms with Crippen LogP contribution in [-0.4, -0.2) is 17.6 Å². The van der Waals surface area contributed by atoms with Gasteiger partial charge in [0.05, 0.1) is 6.10 Å². The van der Waals surface area contributed by atoms with E-state index in [0.29, 0.717) is 18.5 Å². The highest BCUT2D eigenvalue weighted by molar-refractivity contribution is 7.12. The van der Waals surface area contributed by atoms with Crippen molar-refractivity contribution in [1.29, 1.82) is 0 Å². The molecular weight excluding hydrogens is 277 g/mol. The molecule has 1 heterocycles. The maximum Gasteiger partial charge on any atom is 0.251 e. The van der Waals surface area contributed by atoms with Gasteiger partial charge in [-0.25, -0.2) is 4.39 Å². The first-order valence-electron chi connectivity index (χ1n) is 6.36. The number of carbonyl (C=O) groups excluding carboxylic acids is 1. The first-order chi connectivity index (χ1) is 9.56. The molecule has 1 atom stereocenters. The number of hydrogen-bond acceptors (Lipinski definition) is 3. The predicted octanol–water partition coefficient (Wildman–Crippen LogP) is 2.91. The number of rotatable bonds is 5. The van der Waals surface area contributed by atoms with E-state index in [4.69, 9.17) is 0 Å². The van der Waals surface area contributed by atoms with Gasteiger partial charge >= 0.3 is 0 Å². The number of amides is 1. The summed E-state index contributed by atoms with van der Waals surface area (Å²) in [7, 11) is 0. The molecule has 0 aliphatic carbocycles. The molecule has 0 aliphatic rings. The summed E-state index contributed by atoms with van der Waals surface area (Å²) in [6, 6.07) is 9.30. The first kappa shape index (κ1) is 14.7. The minimum atomic E-state index is -0.456. The Balaban J connectivity index is 1.83. The normalized spacial score (nSPS) is 12.2. The molecule has 2 rings (SSSR count). The number of benzene rings is 1. The second-order valence-corrected chi connectivity index (χ2v) is 5.69. The average Bonchev–Trinajstić information content (AvgIpc) is 2.88. The molecule has 1 aromatic heterocycles. The SMILES string of the molecule is C[C@H](O)c1ccc(CCNC(=O)c2ccc(F)cc2)s1. The smallest absolute Gasteiger partial charge is 0.251 e. The van der Waals surface area contributed by atoms with Gasteiger partial charge in [-0.1, -0.05) is 0 Å². The van der Waals surface area contributed by atoms with Crippen molar-refractivity contribution in [2.75, 3.05) is 6.54 Å². The third kappa shape index (κ3) is 3.88. The molecule has 2 aromatic rings. The Bertz CT molecular complexity index is 578. The largest absolute Gasteiger partial charge is 0.388 e. The fraction of sp³-hybridized carbons (Fsp3) is 0.267. The highest BCUT2D eigenvalue weighted by Gasteiger charge is 2.07. The summed E-state index contributed by atoms with van der Waals surface area (Å²) in [6.07, 6.45) is 0.257. The van der Waals surface area contributed by atoms with E-state index >= 15 is 0 Å². The first-order valence-corrected chi connectivity index (χ1v) is 7.18. The maximum absolute atomic E-state index is 12.7. The van der Waals surface area contributed by atoms with E-state index in [0.717, 1.165) is 9.75 Å². The summed E-state index contributed by atoms with van der Waals surface area (Å²) in [5.41, 5.74) is 0.447. The quantitative estimate of drug-likeness (QED) is 0.890. The number of nitrogens with one attached hydrogen (secondary N) is 1. The standard InChI is InChI=1S/C15H16FNO2S/c1-10(18)14-7-6-13(20-14)8-9-17-15(19)11-2-4-12(16)5-3-11/h2-7,10,18H,8-9H2,1H3,(H,17,19)/t10-/m0/s1. The van der Waals surface area contributed by atoms with Crippen LogP contribution in [0.25, 0.3) is 0 Å². The van der Waals surface area contributed by atoms with Crippen LogP contribution >= 0.6 is 11.3 Å². The molecular formula is C15H16FNO2S. The predicted molar refractivity (Wildman–Crippen MR) is 77.4 cm³/mol. The minimum absolute atomic E-state index is 0.211. The monoisotopic (exact) mass is 293 g/mol. The number of hydrogen-bond donors (Lipinski definition) is 2. The van der Waals surface area contributed by atoms with Gasteiger partial charge in [-0.3, -0.25) is 4.79 Å². The second-order valence-electron chi connectivity index (χ2n) is 4.49. The number of aliphatic hydroxyl groups excluding tert-OH is 1. The van der Waals surface area contributed by atoms with Crippen molar-refractivity contribution in [2.24, 2.45) is 0 Å². The Morgan fingerprint density at radius 2 is 2.00 bits per heavy atom. The van der Waals surface area contributed by atoms with Gasteiger partial charge in [0.15, 0.2) is 0 Å². The van der Waals surface area contributed by atoms with Crippen molar-refractivity contribution in [3.05, 3.63) is 57.5 Å². The molecule has 5 heteroatoms. The molecule has 0 radical (unpaired) electrons. The van der Waals surface area contributed by atoms with Crippen LogP contribution in [0.1, 0.15) is 33.1 Å². The topological polar surface area (TPSA) is 49.3 Å². The number of aliphatic hydroxyl groups is 1. The van der Waals surface area contributed by atoms with Crippen molar-refractivity contribution in [3.63, 3.8) is 0 Å². The highest BCUT2D eigenvalue weighted by Crippen LogP contribution is 2.22. The third-order valence-electron chi connectivity index (χ3n) is 2.86. The van der Waals surface area contributed by atoms with Crippen LogP contribution in [0.15, 0.2) is 36.4 Å². The number of thiophene rings is 1. The van der Waals surface area contributed by atoms with Crippen molar-refractivity contribution in [2.45, 2.75) is 19.4 Å². The van der Waals surface area contributed by atoms with E-state index in [9.17, 15) is 14.3 Å². The lowest BCUT2D eigenvalue weighted by Gasteiger charge is -2.04. The van der Waals surface area contributed by atoms with Crippen LogP contribution in [0.3, 0.4) is 0 Å². The van der Waals surface area contributed by atoms with Gasteiger partial charge in [0.1, 0.15) is 5.82 Å². The molecule has 0 aliphatic heterocycles. The van der Waals surface area contributed by atoms with Gasteiger partial charge in [0.25, 0.3) is 5.91 Å². The lowest BCUT2D eigenvalue weighted by molar-refractivity contribution is 0.0954. The molecule has 3 nitrogen and oxygen atoms in total. The van der Waals surface area contributed by atoms with Gasteiger partial charge in [-0.15, -0.1) is 11.3 Å². The van der Waals surface area contributed by atoms with E-state index < -0.39 is 6.10 Å². The maximum atomic E-state index is 12.7. The van der Waals surface area contributed by atoms with E-state index in [-0.39, 0.29) is 11.7 Å². The molecule has 0 unspecified atom stereocenters. The van der Waals surface area contributed by atoms with Crippen LogP contribution in [-0.2, 0) is 6.42 Å². The fourth-order valence-corrected chi connectivity index (χ4v) is 2.71. The van der Waals surface area contributed by atoms with Crippen molar-refractivity contribution < 1.29 is 14.3 Å². The lowest BCUT2D eigenvalue weighted by atomic mass is 10.2. The molecule has 0 saturated carbocycles. The van der Waals surface area contributed by atoms with Crippen molar-refractivity contribution >= 4 is 17.2 Å². The molecule has 2 N–H and O–H groups in total. The van der Waals surface area contributed by atoms with E-state index in [2.05, 4.69) is 5.32 Å². The Morgan fingerprint density at radius 3 is 2.60 bits per heavy atom. The number of halogens is 1. The second kappa shape index (κ2) is 6.63. The molecule has 0 fully saturated rings. The molecule has 106 valence electrons. The molecule has 1 aromatic carbocycles. The summed E-state index contributed by atoms with van der Waals surface area (Å²) in [6.45, 7) is 2.24. The average molecular weight is 293 g/mol. The van der Waals surface area contributed by atoms with Crippen molar-refractivity contribution in [3.8, 4) is 0 Å². The van der Waals surface area contributed by atoms with Gasteiger partial charge in [0.2, 0.25) is 0 Å². The molecule has 0 spiro atoms.